The van der Waals surface area contributed by atoms with Gasteiger partial charge < -0.3 is 10.1 Å². The molecule has 2 rings (SSSR count). The zero-order valence-electron chi connectivity index (χ0n) is 14.7. The molecule has 0 saturated heterocycles. The number of rotatable bonds is 6. The maximum Gasteiger partial charge on any atom is 0.245 e. The van der Waals surface area contributed by atoms with E-state index >= 15 is 0 Å². The molecule has 0 aliphatic heterocycles. The van der Waals surface area contributed by atoms with Gasteiger partial charge in [-0.2, -0.15) is 0 Å². The normalized spacial score (nSPS) is 11.0. The van der Waals surface area contributed by atoms with Crippen molar-refractivity contribution in [2.45, 2.75) is 13.8 Å². The highest BCUT2D eigenvalue weighted by Crippen LogP contribution is 2.21. The van der Waals surface area contributed by atoms with Crippen molar-refractivity contribution in [1.29, 1.82) is 0 Å². The summed E-state index contributed by atoms with van der Waals surface area (Å²) in [6, 6.07) is 12.1. The summed E-state index contributed by atoms with van der Waals surface area (Å²) >= 11 is 0. The molecule has 2 aromatic rings. The summed E-state index contributed by atoms with van der Waals surface area (Å²) in [6.45, 7) is 3.55. The van der Waals surface area contributed by atoms with Gasteiger partial charge in [-0.15, -0.1) is 0 Å². The average Bonchev–Trinajstić information content (AvgIpc) is 2.55. The molecule has 0 saturated carbocycles. The fourth-order valence-electron chi connectivity index (χ4n) is 2.29. The lowest BCUT2D eigenvalue weighted by Gasteiger charge is -2.22. The van der Waals surface area contributed by atoms with Gasteiger partial charge in [-0.1, -0.05) is 6.07 Å². The number of aryl methyl sites for hydroxylation is 2. The van der Waals surface area contributed by atoms with E-state index in [0.29, 0.717) is 17.1 Å². The third-order valence-corrected chi connectivity index (χ3v) is 4.98. The molecule has 0 atom stereocenters. The molecule has 0 fully saturated rings. The van der Waals surface area contributed by atoms with E-state index in [0.717, 1.165) is 21.7 Å². The van der Waals surface area contributed by atoms with Crippen molar-refractivity contribution in [2.24, 2.45) is 0 Å². The minimum Gasteiger partial charge on any atom is -0.497 e. The molecule has 25 heavy (non-hydrogen) atoms. The molecular formula is C18H22N2O4S. The number of ether oxygens (including phenoxy) is 1. The van der Waals surface area contributed by atoms with Gasteiger partial charge in [0.2, 0.25) is 15.9 Å². The SMILES string of the molecule is COc1ccc(NC(=O)CN(c2ccc(C)c(C)c2)S(C)(=O)=O)cc1. The number of hydrogen-bond donors (Lipinski definition) is 1. The van der Waals surface area contributed by atoms with Crippen LogP contribution in [0.25, 0.3) is 0 Å². The van der Waals surface area contributed by atoms with Gasteiger partial charge in [0.1, 0.15) is 12.3 Å². The van der Waals surface area contributed by atoms with Crippen LogP contribution in [0.15, 0.2) is 42.5 Å². The largest absolute Gasteiger partial charge is 0.497 e. The number of carbonyl (C=O) groups excluding carboxylic acids is 1. The molecule has 0 aromatic heterocycles. The smallest absolute Gasteiger partial charge is 0.245 e. The molecule has 1 amide bonds. The average molecular weight is 362 g/mol. The Kier molecular flexibility index (Phi) is 5.69. The second kappa shape index (κ2) is 7.57. The first kappa shape index (κ1) is 18.8. The third-order valence-electron chi connectivity index (χ3n) is 3.84. The predicted octanol–water partition coefficient (Wildman–Crippen LogP) is 2.72. The van der Waals surface area contributed by atoms with E-state index < -0.39 is 15.9 Å². The Hall–Kier alpha value is -2.54. The second-order valence-electron chi connectivity index (χ2n) is 5.81. The van der Waals surface area contributed by atoms with Crippen LogP contribution in [-0.4, -0.2) is 34.2 Å². The fraction of sp³-hybridized carbons (Fsp3) is 0.278. The van der Waals surface area contributed by atoms with E-state index in [1.807, 2.05) is 19.9 Å². The molecule has 0 radical (unpaired) electrons. The lowest BCUT2D eigenvalue weighted by atomic mass is 10.1. The molecular weight excluding hydrogens is 340 g/mol. The van der Waals surface area contributed by atoms with Crippen molar-refractivity contribution in [1.82, 2.24) is 0 Å². The molecule has 0 aliphatic rings. The van der Waals surface area contributed by atoms with Crippen molar-refractivity contribution in [2.75, 3.05) is 29.5 Å². The molecule has 0 bridgehead atoms. The van der Waals surface area contributed by atoms with E-state index in [2.05, 4.69) is 5.32 Å². The van der Waals surface area contributed by atoms with Crippen LogP contribution in [-0.2, 0) is 14.8 Å². The number of methoxy groups -OCH3 is 1. The Balaban J connectivity index is 2.18. The summed E-state index contributed by atoms with van der Waals surface area (Å²) in [4.78, 5) is 12.3. The molecule has 0 spiro atoms. The highest BCUT2D eigenvalue weighted by Gasteiger charge is 2.21. The summed E-state index contributed by atoms with van der Waals surface area (Å²) in [5.74, 6) is 0.250. The van der Waals surface area contributed by atoms with Gasteiger partial charge in [0.05, 0.1) is 19.1 Å². The van der Waals surface area contributed by atoms with Crippen LogP contribution < -0.4 is 14.4 Å². The van der Waals surface area contributed by atoms with Crippen LogP contribution in [0.4, 0.5) is 11.4 Å². The van der Waals surface area contributed by atoms with Gasteiger partial charge in [-0.25, -0.2) is 8.42 Å². The van der Waals surface area contributed by atoms with Crippen LogP contribution in [0.2, 0.25) is 0 Å². The zero-order chi connectivity index (χ0) is 18.6. The second-order valence-corrected chi connectivity index (χ2v) is 7.72. The minimum absolute atomic E-state index is 0.298. The Labute approximate surface area is 148 Å². The number of nitrogens with zero attached hydrogens (tertiary/aromatic N) is 1. The summed E-state index contributed by atoms with van der Waals surface area (Å²) in [7, 11) is -2.04. The van der Waals surface area contributed by atoms with Gasteiger partial charge in [-0.3, -0.25) is 9.10 Å². The van der Waals surface area contributed by atoms with Crippen LogP contribution >= 0.6 is 0 Å². The van der Waals surface area contributed by atoms with Crippen molar-refractivity contribution in [3.8, 4) is 5.75 Å². The van der Waals surface area contributed by atoms with E-state index in [1.165, 1.54) is 0 Å². The van der Waals surface area contributed by atoms with Crippen LogP contribution in [0.1, 0.15) is 11.1 Å². The van der Waals surface area contributed by atoms with Crippen LogP contribution in [0.3, 0.4) is 0 Å². The number of anilines is 2. The van der Waals surface area contributed by atoms with E-state index in [-0.39, 0.29) is 6.54 Å². The van der Waals surface area contributed by atoms with E-state index in [1.54, 1.807) is 43.5 Å². The maximum atomic E-state index is 12.3. The Bertz CT molecular complexity index is 861. The van der Waals surface area contributed by atoms with Crippen LogP contribution in [0, 0.1) is 13.8 Å². The first-order chi connectivity index (χ1) is 11.7. The summed E-state index contributed by atoms with van der Waals surface area (Å²) in [5.41, 5.74) is 3.05. The first-order valence-corrected chi connectivity index (χ1v) is 9.54. The monoisotopic (exact) mass is 362 g/mol. The Morgan fingerprint density at radius 1 is 1.08 bits per heavy atom. The number of carbonyl (C=O) groups is 1. The highest BCUT2D eigenvalue weighted by molar-refractivity contribution is 7.92. The summed E-state index contributed by atoms with van der Waals surface area (Å²) in [6.07, 6.45) is 1.09. The van der Waals surface area contributed by atoms with Gasteiger partial charge in [0, 0.05) is 5.69 Å². The maximum absolute atomic E-state index is 12.3. The number of sulfonamides is 1. The van der Waals surface area contributed by atoms with Gasteiger partial charge in [0.15, 0.2) is 0 Å². The summed E-state index contributed by atoms with van der Waals surface area (Å²) < 4.78 is 30.4. The standard InChI is InChI=1S/C18H22N2O4S/c1-13-5-8-16(11-14(13)2)20(25(4,22)23)12-18(21)19-15-6-9-17(24-3)10-7-15/h5-11H,12H2,1-4H3,(H,19,21). The first-order valence-electron chi connectivity index (χ1n) is 7.69. The predicted molar refractivity (Wildman–Crippen MR) is 99.7 cm³/mol. The van der Waals surface area contributed by atoms with Crippen molar-refractivity contribution < 1.29 is 17.9 Å². The van der Waals surface area contributed by atoms with Crippen LogP contribution in [0.5, 0.6) is 5.75 Å². The third kappa shape index (κ3) is 4.96. The van der Waals surface area contributed by atoms with E-state index in [9.17, 15) is 13.2 Å². The number of amides is 1. The zero-order valence-corrected chi connectivity index (χ0v) is 15.6. The number of benzene rings is 2. The van der Waals surface area contributed by atoms with Gasteiger partial charge >= 0.3 is 0 Å². The number of nitrogens with one attached hydrogen (secondary N) is 1. The fourth-order valence-corrected chi connectivity index (χ4v) is 3.13. The highest BCUT2D eigenvalue weighted by atomic mass is 32.2. The molecule has 134 valence electrons. The minimum atomic E-state index is -3.59. The molecule has 0 aliphatic carbocycles. The molecule has 6 nitrogen and oxygen atoms in total. The summed E-state index contributed by atoms with van der Waals surface area (Å²) in [5, 5.41) is 2.69. The lowest BCUT2D eigenvalue weighted by molar-refractivity contribution is -0.114. The molecule has 1 N–H and O–H groups in total. The Morgan fingerprint density at radius 2 is 1.72 bits per heavy atom. The molecule has 2 aromatic carbocycles. The quantitative estimate of drug-likeness (QED) is 0.857. The van der Waals surface area contributed by atoms with Crippen molar-refractivity contribution in [3.05, 3.63) is 53.6 Å². The topological polar surface area (TPSA) is 75.7 Å². The van der Waals surface area contributed by atoms with Gasteiger partial charge in [0.25, 0.3) is 0 Å². The van der Waals surface area contributed by atoms with Gasteiger partial charge in [-0.05, 0) is 61.4 Å². The molecule has 0 unspecified atom stereocenters. The Morgan fingerprint density at radius 3 is 2.24 bits per heavy atom. The lowest BCUT2D eigenvalue weighted by Crippen LogP contribution is -2.37. The molecule has 0 heterocycles. The number of hydrogen-bond acceptors (Lipinski definition) is 4. The van der Waals surface area contributed by atoms with E-state index in [4.69, 9.17) is 4.74 Å². The van der Waals surface area contributed by atoms with Crippen molar-refractivity contribution in [3.63, 3.8) is 0 Å². The van der Waals surface area contributed by atoms with Crippen molar-refractivity contribution >= 4 is 27.3 Å². The molecule has 7 heteroatoms.